The predicted molar refractivity (Wildman–Crippen MR) is 129 cm³/mol. The molecule has 0 amide bonds. The number of fused-ring (bicyclic) bond motifs is 6. The first-order chi connectivity index (χ1) is 12.7. The van der Waals surface area contributed by atoms with Crippen molar-refractivity contribution in [3.8, 4) is 0 Å². The van der Waals surface area contributed by atoms with Crippen LogP contribution in [0.15, 0.2) is 66.3 Å². The van der Waals surface area contributed by atoms with E-state index in [-0.39, 0.29) is 58.8 Å². The molecule has 4 unspecified atom stereocenters. The zero-order chi connectivity index (χ0) is 18.4. The van der Waals surface area contributed by atoms with Crippen molar-refractivity contribution in [3.05, 3.63) is 72.4 Å². The maximum absolute atomic E-state index is 3.24. The number of rotatable bonds is 1. The van der Waals surface area contributed by atoms with E-state index in [0.29, 0.717) is 5.92 Å². The van der Waals surface area contributed by atoms with Crippen LogP contribution in [-0.2, 0) is 0 Å². The molecule has 6 bridgehead atoms. The molecule has 0 saturated carbocycles. The molecular formula is C26H36IK. The van der Waals surface area contributed by atoms with Crippen molar-refractivity contribution in [1.29, 1.82) is 0 Å². The van der Waals surface area contributed by atoms with Gasteiger partial charge in [-0.1, -0.05) is 104 Å². The second kappa shape index (κ2) is 14.0. The molecule has 0 fully saturated rings. The van der Waals surface area contributed by atoms with Crippen LogP contribution in [0.3, 0.4) is 0 Å². The molecule has 0 spiro atoms. The summed E-state index contributed by atoms with van der Waals surface area (Å²) in [7, 11) is 0. The van der Waals surface area contributed by atoms with Crippen molar-refractivity contribution in [1.82, 2.24) is 0 Å². The topological polar surface area (TPSA) is 0 Å². The van der Waals surface area contributed by atoms with Gasteiger partial charge in [-0.25, -0.2) is 0 Å². The largest absolute Gasteiger partial charge is 1.00 e. The standard InChI is InChI=1S/C9H12.C7H8.C7H7.C2H5I.CH4.K/c1-2-8-5-7-3-4-9(8)6-7;2*1-2-7-4-3-6(1)5-7;1-2-3;;/h3-5,7,9H,2,6H2,1H3;1-4,6-7H,5H2;1-3,6-7H,5H2;2H2,1H3;1H4;/q;;-1;;;+1. The minimum Gasteiger partial charge on any atom is -0.493 e. The average molecular weight is 515 g/mol. The van der Waals surface area contributed by atoms with E-state index >= 15 is 0 Å². The molecular weight excluding hydrogens is 478 g/mol. The van der Waals surface area contributed by atoms with E-state index < -0.39 is 0 Å². The smallest absolute Gasteiger partial charge is 0.493 e. The summed E-state index contributed by atoms with van der Waals surface area (Å²) in [5, 5.41) is 0. The van der Waals surface area contributed by atoms with E-state index in [1.165, 1.54) is 30.1 Å². The summed E-state index contributed by atoms with van der Waals surface area (Å²) in [6, 6.07) is 0. The molecule has 0 radical (unpaired) electrons. The Morgan fingerprint density at radius 2 is 1.39 bits per heavy atom. The summed E-state index contributed by atoms with van der Waals surface area (Å²) in [5.74, 6) is 4.70. The first kappa shape index (κ1) is 26.8. The second-order valence-electron chi connectivity index (χ2n) is 7.81. The van der Waals surface area contributed by atoms with Gasteiger partial charge in [0, 0.05) is 0 Å². The van der Waals surface area contributed by atoms with Gasteiger partial charge in [0.2, 0.25) is 0 Å². The summed E-state index contributed by atoms with van der Waals surface area (Å²) < 4.78 is 1.22. The van der Waals surface area contributed by atoms with E-state index in [2.05, 4.69) is 103 Å². The van der Waals surface area contributed by atoms with Crippen LogP contribution in [0.1, 0.15) is 47.0 Å². The van der Waals surface area contributed by atoms with Gasteiger partial charge < -0.3 is 6.08 Å². The third-order valence-corrected chi connectivity index (χ3v) is 5.83. The van der Waals surface area contributed by atoms with Gasteiger partial charge in [-0.05, 0) is 53.3 Å². The van der Waals surface area contributed by atoms with Gasteiger partial charge in [0.25, 0.3) is 0 Å². The van der Waals surface area contributed by atoms with Gasteiger partial charge in [0.1, 0.15) is 0 Å². The fourth-order valence-corrected chi connectivity index (χ4v) is 4.45. The number of hydrogen-bond acceptors (Lipinski definition) is 0. The van der Waals surface area contributed by atoms with Crippen molar-refractivity contribution >= 4 is 22.6 Å². The van der Waals surface area contributed by atoms with Crippen molar-refractivity contribution in [3.63, 3.8) is 0 Å². The maximum atomic E-state index is 3.24. The summed E-state index contributed by atoms with van der Waals surface area (Å²) >= 11 is 2.29. The van der Waals surface area contributed by atoms with Crippen molar-refractivity contribution in [2.75, 3.05) is 4.43 Å². The van der Waals surface area contributed by atoms with Crippen LogP contribution in [0.25, 0.3) is 0 Å². The quantitative estimate of drug-likeness (QED) is 0.153. The molecule has 148 valence electrons. The SMILES string of the molecule is C.C1=CC2C=CC1C2.CCC1=CC2C=CC1C2.CCI.[C-]1=CC2C=CC1C2.[K+]. The summed E-state index contributed by atoms with van der Waals surface area (Å²) in [6.45, 7) is 4.36. The van der Waals surface area contributed by atoms with Crippen LogP contribution >= 0.6 is 22.6 Å². The normalized spacial score (nSPS) is 34.5. The van der Waals surface area contributed by atoms with Gasteiger partial charge in [0.05, 0.1) is 0 Å². The molecule has 0 nitrogen and oxygen atoms in total. The first-order valence-corrected chi connectivity index (χ1v) is 11.8. The molecule has 0 heterocycles. The number of hydrogen-bond donors (Lipinski definition) is 0. The van der Waals surface area contributed by atoms with Crippen LogP contribution in [0.5, 0.6) is 0 Å². The third-order valence-electron chi connectivity index (χ3n) is 5.83. The van der Waals surface area contributed by atoms with Gasteiger partial charge in [-0.15, -0.1) is 6.08 Å². The van der Waals surface area contributed by atoms with Gasteiger partial charge in [0.15, 0.2) is 0 Å². The Bertz CT molecular complexity index is 547. The molecule has 0 aromatic heterocycles. The Hall–Kier alpha value is 0.806. The minimum atomic E-state index is 0. The summed E-state index contributed by atoms with van der Waals surface area (Å²) in [4.78, 5) is 0. The molecule has 2 heteroatoms. The minimum absolute atomic E-state index is 0. The van der Waals surface area contributed by atoms with Crippen molar-refractivity contribution in [2.24, 2.45) is 35.5 Å². The Morgan fingerprint density at radius 3 is 1.57 bits per heavy atom. The zero-order valence-electron chi connectivity index (χ0n) is 17.2. The van der Waals surface area contributed by atoms with E-state index in [0.717, 1.165) is 29.6 Å². The molecule has 0 aromatic rings. The summed E-state index contributed by atoms with van der Waals surface area (Å²) in [6.07, 6.45) is 31.5. The second-order valence-corrected chi connectivity index (χ2v) is 9.34. The Morgan fingerprint density at radius 1 is 0.821 bits per heavy atom. The van der Waals surface area contributed by atoms with Crippen molar-refractivity contribution < 1.29 is 51.4 Å². The molecule has 0 N–H and O–H groups in total. The molecule has 6 aliphatic carbocycles. The number of alkyl halides is 1. The van der Waals surface area contributed by atoms with E-state index in [9.17, 15) is 0 Å². The fraction of sp³-hybridized carbons (Fsp3) is 0.538. The van der Waals surface area contributed by atoms with Gasteiger partial charge in [-0.2, -0.15) is 5.92 Å². The Labute approximate surface area is 230 Å². The first-order valence-electron chi connectivity index (χ1n) is 10.3. The molecule has 0 aliphatic heterocycles. The number of allylic oxidation sites excluding steroid dienone is 12. The van der Waals surface area contributed by atoms with Crippen molar-refractivity contribution in [2.45, 2.75) is 47.0 Å². The molecule has 0 saturated heterocycles. The molecule has 6 aliphatic rings. The Kier molecular flexibility index (Phi) is 13.4. The van der Waals surface area contributed by atoms with E-state index in [4.69, 9.17) is 0 Å². The number of halogens is 1. The third kappa shape index (κ3) is 7.81. The van der Waals surface area contributed by atoms with Crippen LogP contribution in [0.2, 0.25) is 0 Å². The fourth-order valence-electron chi connectivity index (χ4n) is 4.45. The molecule has 28 heavy (non-hydrogen) atoms. The predicted octanol–water partition coefficient (Wildman–Crippen LogP) is 4.91. The Balaban J connectivity index is 0.000000192. The van der Waals surface area contributed by atoms with Gasteiger partial charge >= 0.3 is 51.4 Å². The van der Waals surface area contributed by atoms with Crippen LogP contribution in [0.4, 0.5) is 0 Å². The summed E-state index contributed by atoms with van der Waals surface area (Å²) in [5.41, 5.74) is 1.67. The monoisotopic (exact) mass is 514 g/mol. The zero-order valence-corrected chi connectivity index (χ0v) is 22.4. The van der Waals surface area contributed by atoms with E-state index in [1.54, 1.807) is 5.57 Å². The maximum Gasteiger partial charge on any atom is 1.00 e. The van der Waals surface area contributed by atoms with Crippen LogP contribution in [-0.4, -0.2) is 4.43 Å². The molecule has 6 rings (SSSR count). The van der Waals surface area contributed by atoms with Gasteiger partial charge in [-0.3, -0.25) is 6.08 Å². The molecule has 0 aromatic carbocycles. The van der Waals surface area contributed by atoms with Crippen LogP contribution < -0.4 is 51.4 Å². The van der Waals surface area contributed by atoms with Crippen LogP contribution in [0, 0.1) is 41.6 Å². The van der Waals surface area contributed by atoms with E-state index in [1.807, 2.05) is 0 Å². The average Bonchev–Trinajstić information content (AvgIpc) is 3.51. The molecule has 4 atom stereocenters.